The van der Waals surface area contributed by atoms with Crippen molar-refractivity contribution >= 4 is 30.1 Å². The Morgan fingerprint density at radius 2 is 1.61 bits per heavy atom. The maximum atomic E-state index is 13.4. The van der Waals surface area contributed by atoms with Gasteiger partial charge in [-0.3, -0.25) is 9.59 Å². The van der Waals surface area contributed by atoms with E-state index in [1.165, 1.54) is 6.07 Å². The van der Waals surface area contributed by atoms with E-state index in [0.717, 1.165) is 17.7 Å². The van der Waals surface area contributed by atoms with E-state index in [9.17, 15) is 22.8 Å². The van der Waals surface area contributed by atoms with Crippen molar-refractivity contribution in [3.05, 3.63) is 63.9 Å². The first-order chi connectivity index (χ1) is 17.7. The van der Waals surface area contributed by atoms with Gasteiger partial charge in [-0.15, -0.1) is 0 Å². The molecule has 0 spiro atoms. The number of anilines is 1. The van der Waals surface area contributed by atoms with E-state index in [-0.39, 0.29) is 29.8 Å². The Labute approximate surface area is 227 Å². The molecule has 0 bridgehead atoms. The first-order valence-corrected chi connectivity index (χ1v) is 12.4. The Kier molecular flexibility index (Phi) is 17.3. The van der Waals surface area contributed by atoms with Gasteiger partial charge in [0.25, 0.3) is 0 Å². The van der Waals surface area contributed by atoms with E-state index >= 15 is 0 Å². The minimum absolute atomic E-state index is 0.0240. The van der Waals surface area contributed by atoms with Crippen LogP contribution in [0.4, 0.5) is 18.9 Å². The van der Waals surface area contributed by atoms with Crippen molar-refractivity contribution in [2.45, 2.75) is 59.6 Å². The van der Waals surface area contributed by atoms with Crippen LogP contribution < -0.4 is 16.0 Å². The third-order valence-electron chi connectivity index (χ3n) is 4.56. The smallest absolute Gasteiger partial charge is 0.211 e. The molecule has 2 unspecified atom stereocenters. The summed E-state index contributed by atoms with van der Waals surface area (Å²) in [6, 6.07) is 6.47. The Morgan fingerprint density at radius 1 is 1.00 bits per heavy atom. The van der Waals surface area contributed by atoms with Crippen molar-refractivity contribution < 1.29 is 33.0 Å². The maximum Gasteiger partial charge on any atom is 0.211 e. The van der Waals surface area contributed by atoms with Crippen LogP contribution in [-0.2, 0) is 16.1 Å². The van der Waals surface area contributed by atoms with Crippen LogP contribution >= 0.6 is 11.6 Å². The molecule has 0 heterocycles. The lowest BCUT2D eigenvalue weighted by molar-refractivity contribution is -0.109. The van der Waals surface area contributed by atoms with Gasteiger partial charge in [0.1, 0.15) is 5.82 Å². The summed E-state index contributed by atoms with van der Waals surface area (Å²) >= 11 is 5.76. The second-order valence-corrected chi connectivity index (χ2v) is 10.5. The summed E-state index contributed by atoms with van der Waals surface area (Å²) in [7, 11) is 0. The predicted octanol–water partition coefficient (Wildman–Crippen LogP) is 4.75. The van der Waals surface area contributed by atoms with Gasteiger partial charge in [0.15, 0.2) is 11.6 Å². The molecule has 2 atom stereocenters. The van der Waals surface area contributed by atoms with Crippen molar-refractivity contribution in [2.75, 3.05) is 25.0 Å². The maximum absolute atomic E-state index is 13.4. The highest BCUT2D eigenvalue weighted by Crippen LogP contribution is 2.23. The molecule has 214 valence electrons. The number of amides is 2. The van der Waals surface area contributed by atoms with Crippen LogP contribution in [0.3, 0.4) is 0 Å². The molecular formula is C27H39ClF3N3O4. The topological polar surface area (TPSA) is 111 Å². The molecule has 0 aliphatic rings. The standard InChI is InChI=1S/C17H16ClF3N2O.C5H11NO3.C5H12/c1-10(11-2-3-14(19)13(18)4-11)7-22-8-12-5-15(20)16(21)6-17(12)23-9-24;7-3-5(9)1-2-6-4-8;1-5(2,3)4/h2-6,9-10,22H,7-8H2,1H3,(H,23,24);4-5,7,9H,1-3H2,(H,6,8);1-4H3. The minimum Gasteiger partial charge on any atom is -0.394 e. The van der Waals surface area contributed by atoms with E-state index in [1.54, 1.807) is 12.1 Å². The van der Waals surface area contributed by atoms with Gasteiger partial charge in [0, 0.05) is 31.4 Å². The number of rotatable bonds is 12. The number of aliphatic hydroxyl groups excluding tert-OH is 2. The molecule has 0 aliphatic heterocycles. The predicted molar refractivity (Wildman–Crippen MR) is 144 cm³/mol. The highest BCUT2D eigenvalue weighted by Gasteiger charge is 2.12. The summed E-state index contributed by atoms with van der Waals surface area (Å²) < 4.78 is 39.8. The van der Waals surface area contributed by atoms with Crippen LogP contribution in [0.15, 0.2) is 30.3 Å². The van der Waals surface area contributed by atoms with Crippen molar-refractivity contribution in [1.82, 2.24) is 10.6 Å². The molecule has 2 amide bonds. The first-order valence-electron chi connectivity index (χ1n) is 12.0. The molecular weight excluding hydrogens is 523 g/mol. The fraction of sp³-hybridized carbons (Fsp3) is 0.481. The molecule has 11 heteroatoms. The summed E-state index contributed by atoms with van der Waals surface area (Å²) in [5, 5.41) is 24.8. The lowest BCUT2D eigenvalue weighted by Crippen LogP contribution is -2.21. The Bertz CT molecular complexity index is 985. The molecule has 0 saturated heterocycles. The number of carbonyl (C=O) groups is 2. The monoisotopic (exact) mass is 561 g/mol. The Morgan fingerprint density at radius 3 is 2.13 bits per heavy atom. The zero-order chi connectivity index (χ0) is 29.3. The van der Waals surface area contributed by atoms with Gasteiger partial charge >= 0.3 is 0 Å². The lowest BCUT2D eigenvalue weighted by Gasteiger charge is -2.15. The third kappa shape index (κ3) is 16.2. The van der Waals surface area contributed by atoms with Crippen LogP contribution in [0.25, 0.3) is 0 Å². The second kappa shape index (κ2) is 18.6. The summed E-state index contributed by atoms with van der Waals surface area (Å²) in [5.74, 6) is -2.47. The summed E-state index contributed by atoms with van der Waals surface area (Å²) in [4.78, 5) is 20.2. The molecule has 2 aromatic carbocycles. The van der Waals surface area contributed by atoms with E-state index in [0.29, 0.717) is 43.3 Å². The lowest BCUT2D eigenvalue weighted by atomic mass is 10.0. The number of hydrogen-bond donors (Lipinski definition) is 5. The van der Waals surface area contributed by atoms with Crippen LogP contribution in [0.2, 0.25) is 5.02 Å². The number of benzene rings is 2. The van der Waals surface area contributed by atoms with Crippen LogP contribution in [0.5, 0.6) is 0 Å². The average Bonchev–Trinajstić information content (AvgIpc) is 2.83. The molecule has 5 N–H and O–H groups in total. The van der Waals surface area contributed by atoms with Crippen LogP contribution in [-0.4, -0.2) is 48.8 Å². The van der Waals surface area contributed by atoms with E-state index in [1.807, 2.05) is 6.92 Å². The molecule has 38 heavy (non-hydrogen) atoms. The first kappa shape index (κ1) is 35.3. The number of aliphatic hydroxyl groups is 2. The van der Waals surface area contributed by atoms with Gasteiger partial charge in [-0.2, -0.15) is 0 Å². The van der Waals surface area contributed by atoms with Crippen molar-refractivity contribution in [3.63, 3.8) is 0 Å². The molecule has 0 aromatic heterocycles. The fourth-order valence-corrected chi connectivity index (χ4v) is 2.88. The van der Waals surface area contributed by atoms with Gasteiger partial charge < -0.3 is 26.2 Å². The van der Waals surface area contributed by atoms with Gasteiger partial charge in [-0.05, 0) is 47.1 Å². The summed E-state index contributed by atoms with van der Waals surface area (Å²) in [6.45, 7) is 11.6. The van der Waals surface area contributed by atoms with Gasteiger partial charge in [0.05, 0.1) is 17.7 Å². The Hall–Kier alpha value is -2.66. The largest absolute Gasteiger partial charge is 0.394 e. The van der Waals surface area contributed by atoms with E-state index in [4.69, 9.17) is 21.8 Å². The van der Waals surface area contributed by atoms with Crippen molar-refractivity contribution in [3.8, 4) is 0 Å². The molecule has 0 fully saturated rings. The number of nitrogens with one attached hydrogen (secondary N) is 3. The number of halogens is 4. The summed E-state index contributed by atoms with van der Waals surface area (Å²) in [5.41, 5.74) is 1.98. The quantitative estimate of drug-likeness (QED) is 0.190. The zero-order valence-electron chi connectivity index (χ0n) is 22.5. The van der Waals surface area contributed by atoms with Crippen LogP contribution in [0.1, 0.15) is 58.1 Å². The molecule has 2 aromatic rings. The molecule has 0 aliphatic carbocycles. The normalized spacial score (nSPS) is 12.2. The zero-order valence-corrected chi connectivity index (χ0v) is 23.2. The van der Waals surface area contributed by atoms with Crippen molar-refractivity contribution in [2.24, 2.45) is 5.41 Å². The molecule has 0 radical (unpaired) electrons. The highest BCUT2D eigenvalue weighted by molar-refractivity contribution is 6.30. The Balaban J connectivity index is 0.000000808. The fourth-order valence-electron chi connectivity index (χ4n) is 2.69. The SMILES string of the molecule is CC(C)(C)C.CC(CNCc1cc(F)c(F)cc1NC=O)c1ccc(F)c(Cl)c1.O=CNCCC(O)CO. The molecule has 7 nitrogen and oxygen atoms in total. The van der Waals surface area contributed by atoms with Gasteiger partial charge in [-0.25, -0.2) is 13.2 Å². The van der Waals surface area contributed by atoms with E-state index in [2.05, 4.69) is 43.6 Å². The number of hydrogen-bond acceptors (Lipinski definition) is 5. The average molecular weight is 562 g/mol. The molecule has 2 rings (SSSR count). The van der Waals surface area contributed by atoms with E-state index < -0.39 is 23.6 Å². The second-order valence-electron chi connectivity index (χ2n) is 10.1. The third-order valence-corrected chi connectivity index (χ3v) is 4.84. The van der Waals surface area contributed by atoms with Gasteiger partial charge in [0.2, 0.25) is 12.8 Å². The highest BCUT2D eigenvalue weighted by atomic mass is 35.5. The van der Waals surface area contributed by atoms with Gasteiger partial charge in [-0.1, -0.05) is 52.3 Å². The van der Waals surface area contributed by atoms with Crippen molar-refractivity contribution in [1.29, 1.82) is 0 Å². The summed E-state index contributed by atoms with van der Waals surface area (Å²) in [6.07, 6.45) is 0.649. The number of carbonyl (C=O) groups excluding carboxylic acids is 2. The molecule has 0 saturated carbocycles. The minimum atomic E-state index is -1.03. The van der Waals surface area contributed by atoms with Crippen LogP contribution in [0, 0.1) is 22.9 Å².